The summed E-state index contributed by atoms with van der Waals surface area (Å²) < 4.78 is 11.1. The summed E-state index contributed by atoms with van der Waals surface area (Å²) in [5, 5.41) is 28.2. The van der Waals surface area contributed by atoms with Crippen LogP contribution in [-0.2, 0) is 49.9 Å². The van der Waals surface area contributed by atoms with Gasteiger partial charge >= 0.3 is 24.1 Å². The molecule has 4 amide bonds. The number of hydrogen-bond acceptors (Lipinski definition) is 12. The Bertz CT molecular complexity index is 1930. The van der Waals surface area contributed by atoms with Gasteiger partial charge in [0.1, 0.15) is 12.6 Å². The van der Waals surface area contributed by atoms with Gasteiger partial charge in [0.25, 0.3) is 0 Å². The number of benzene rings is 2. The molecule has 3 unspecified atom stereocenters. The number of aliphatic carboxylic acids is 2. The predicted molar refractivity (Wildman–Crippen MR) is 237 cm³/mol. The molecule has 0 radical (unpaired) electrons. The van der Waals surface area contributed by atoms with E-state index in [0.29, 0.717) is 64.3 Å². The van der Waals surface area contributed by atoms with Crippen LogP contribution in [0.2, 0.25) is 0 Å². The van der Waals surface area contributed by atoms with Crippen LogP contribution < -0.4 is 16.0 Å². The topological polar surface area (TPSA) is 213 Å². The van der Waals surface area contributed by atoms with Gasteiger partial charge in [0, 0.05) is 56.3 Å². The monoisotopic (exact) mass is 893 g/mol. The lowest BCUT2D eigenvalue weighted by Crippen LogP contribution is -2.54. The second-order valence-electron chi connectivity index (χ2n) is 15.3. The van der Waals surface area contributed by atoms with Gasteiger partial charge in [0.15, 0.2) is 0 Å². The Hall–Kier alpha value is -5.43. The highest BCUT2D eigenvalue weighted by molar-refractivity contribution is 7.09. The van der Waals surface area contributed by atoms with E-state index in [1.807, 2.05) is 66.0 Å². The maximum atomic E-state index is 14.2. The highest BCUT2D eigenvalue weighted by Crippen LogP contribution is 2.20. The van der Waals surface area contributed by atoms with Crippen molar-refractivity contribution in [3.63, 3.8) is 0 Å². The van der Waals surface area contributed by atoms with Crippen LogP contribution in [0.4, 0.5) is 9.59 Å². The second kappa shape index (κ2) is 26.8. The third-order valence-electron chi connectivity index (χ3n) is 9.82. The van der Waals surface area contributed by atoms with Crippen molar-refractivity contribution in [3.05, 3.63) is 104 Å². The smallest absolute Gasteiger partial charge is 0.407 e. The van der Waals surface area contributed by atoms with Crippen molar-refractivity contribution < 1.29 is 43.7 Å². The number of alkyl carbamates (subject to hydrolysis) is 1. The number of carbonyl (C=O) groups excluding carboxylic acids is 3. The fraction of sp³-hybridized carbons (Fsp3) is 0.477. The minimum Gasteiger partial charge on any atom is -0.481 e. The fourth-order valence-electron chi connectivity index (χ4n) is 6.46. The van der Waals surface area contributed by atoms with Crippen LogP contribution in [0.3, 0.4) is 0 Å². The van der Waals surface area contributed by atoms with Crippen molar-refractivity contribution in [2.45, 2.75) is 96.0 Å². The van der Waals surface area contributed by atoms with Gasteiger partial charge in [-0.2, -0.15) is 0 Å². The highest BCUT2D eigenvalue weighted by Gasteiger charge is 2.27. The molecule has 3 heterocycles. The van der Waals surface area contributed by atoms with Crippen LogP contribution >= 0.6 is 22.7 Å². The standard InChI is InChI=1S/C40H53N7O5S2.C4H6O4/c1-29(2)38-43-34(27-53-38)25-46(3)39(49)45-36(16-17-47-18-20-51-21-19-47)37(48)42-32(22-30-10-6-4-7-11-30)14-15-33(23-31-12-8-5-9-13-31)44-40(50)52-26-35-24-41-28-54-35;5-3(6)1-2-4(7)8/h4-13,24,27-29,32-33,36H,14-23,25-26H2,1-3H3,(H,42,48)(H,44,50)(H,45,49);1-2H2,(H,5,6)(H,7,8). The summed E-state index contributed by atoms with van der Waals surface area (Å²) in [4.78, 5) is 73.5. The largest absolute Gasteiger partial charge is 0.481 e. The number of carbonyl (C=O) groups is 5. The van der Waals surface area contributed by atoms with Crippen LogP contribution in [0.25, 0.3) is 0 Å². The summed E-state index contributed by atoms with van der Waals surface area (Å²) in [6.07, 6.45) is 3.40. The van der Waals surface area contributed by atoms with E-state index in [4.69, 9.17) is 19.7 Å². The molecule has 1 saturated heterocycles. The number of amides is 4. The summed E-state index contributed by atoms with van der Waals surface area (Å²) in [5.41, 5.74) is 4.70. The fourth-order valence-corrected chi connectivity index (χ4v) is 7.80. The van der Waals surface area contributed by atoms with E-state index < -0.39 is 24.1 Å². The lowest BCUT2D eigenvalue weighted by molar-refractivity contribution is -0.143. The molecule has 336 valence electrons. The molecule has 0 bridgehead atoms. The van der Waals surface area contributed by atoms with Gasteiger partial charge in [0.05, 0.1) is 53.7 Å². The number of carboxylic acids is 2. The Kier molecular flexibility index (Phi) is 21.3. The van der Waals surface area contributed by atoms with Crippen molar-refractivity contribution in [1.82, 2.24) is 35.7 Å². The second-order valence-corrected chi connectivity index (χ2v) is 17.1. The summed E-state index contributed by atoms with van der Waals surface area (Å²) in [5.74, 6) is -2.08. The Morgan fingerprint density at radius 1 is 0.839 bits per heavy atom. The van der Waals surface area contributed by atoms with Gasteiger partial charge in [-0.3, -0.25) is 24.3 Å². The quantitative estimate of drug-likeness (QED) is 0.0621. The number of ether oxygens (including phenoxy) is 2. The third-order valence-corrected chi connectivity index (χ3v) is 11.8. The van der Waals surface area contributed by atoms with Crippen molar-refractivity contribution in [3.8, 4) is 0 Å². The number of hydrogen-bond donors (Lipinski definition) is 5. The molecule has 1 aliphatic heterocycles. The van der Waals surface area contributed by atoms with E-state index in [1.54, 1.807) is 35.0 Å². The molecular formula is C44H59N7O9S2. The van der Waals surface area contributed by atoms with Crippen LogP contribution in [0.15, 0.2) is 77.8 Å². The number of carboxylic acid groups (broad SMARTS) is 2. The van der Waals surface area contributed by atoms with Crippen molar-refractivity contribution >= 4 is 52.6 Å². The average Bonchev–Trinajstić information content (AvgIpc) is 3.97. The summed E-state index contributed by atoms with van der Waals surface area (Å²) in [6.45, 7) is 8.19. The van der Waals surface area contributed by atoms with Gasteiger partial charge in [-0.1, -0.05) is 74.5 Å². The molecule has 5 N–H and O–H groups in total. The first-order valence-corrected chi connectivity index (χ1v) is 22.5. The molecule has 16 nitrogen and oxygen atoms in total. The highest BCUT2D eigenvalue weighted by atomic mass is 32.1. The zero-order valence-corrected chi connectivity index (χ0v) is 37.2. The summed E-state index contributed by atoms with van der Waals surface area (Å²) in [7, 11) is 1.72. The number of nitrogens with zero attached hydrogens (tertiary/aromatic N) is 4. The molecule has 2 aromatic carbocycles. The first kappa shape index (κ1) is 49.2. The predicted octanol–water partition coefficient (Wildman–Crippen LogP) is 5.94. The molecule has 3 atom stereocenters. The Morgan fingerprint density at radius 2 is 1.44 bits per heavy atom. The lowest BCUT2D eigenvalue weighted by Gasteiger charge is -2.30. The van der Waals surface area contributed by atoms with Crippen LogP contribution in [0, 0.1) is 0 Å². The minimum absolute atomic E-state index is 0.150. The number of morpholine rings is 1. The number of nitrogens with one attached hydrogen (secondary N) is 3. The van der Waals surface area contributed by atoms with Gasteiger partial charge in [-0.05, 0) is 43.2 Å². The molecule has 1 aliphatic rings. The van der Waals surface area contributed by atoms with Crippen molar-refractivity contribution in [2.24, 2.45) is 0 Å². The number of aromatic nitrogens is 2. The number of thiazole rings is 2. The van der Waals surface area contributed by atoms with Gasteiger partial charge < -0.3 is 40.5 Å². The molecular weight excluding hydrogens is 835 g/mol. The van der Waals surface area contributed by atoms with Gasteiger partial charge in [0.2, 0.25) is 5.91 Å². The van der Waals surface area contributed by atoms with E-state index in [1.165, 1.54) is 11.3 Å². The Labute approximate surface area is 371 Å². The van der Waals surface area contributed by atoms with Crippen molar-refractivity contribution in [1.29, 1.82) is 0 Å². The molecule has 0 spiro atoms. The maximum absolute atomic E-state index is 14.2. The average molecular weight is 894 g/mol. The van der Waals surface area contributed by atoms with Gasteiger partial charge in [-0.15, -0.1) is 22.7 Å². The first-order valence-electron chi connectivity index (χ1n) is 20.7. The molecule has 18 heteroatoms. The Morgan fingerprint density at radius 3 is 1.97 bits per heavy atom. The maximum Gasteiger partial charge on any atom is 0.407 e. The van der Waals surface area contributed by atoms with E-state index >= 15 is 0 Å². The zero-order valence-electron chi connectivity index (χ0n) is 35.6. The molecule has 5 rings (SSSR count). The van der Waals surface area contributed by atoms with Gasteiger partial charge in [-0.25, -0.2) is 14.6 Å². The molecule has 1 fully saturated rings. The zero-order chi connectivity index (χ0) is 44.7. The van der Waals surface area contributed by atoms with E-state index in [9.17, 15) is 24.0 Å². The SMILES string of the molecule is CC(C)c1nc(CN(C)C(=O)NC(CCN2CCOCC2)C(=O)NC(CCC(Cc2ccccc2)NC(=O)OCc2cncs2)Cc2ccccc2)cs1.O=C(O)CCC(=O)O. The summed E-state index contributed by atoms with van der Waals surface area (Å²) >= 11 is 3.02. The lowest BCUT2D eigenvalue weighted by atomic mass is 9.95. The number of urea groups is 1. The third kappa shape index (κ3) is 19.1. The Balaban J connectivity index is 0.000000959. The normalized spacial score (nSPS) is 14.1. The molecule has 2 aromatic heterocycles. The summed E-state index contributed by atoms with van der Waals surface area (Å²) in [6, 6.07) is 18.4. The molecule has 0 saturated carbocycles. The van der Waals surface area contributed by atoms with E-state index in [-0.39, 0.29) is 43.5 Å². The van der Waals surface area contributed by atoms with Crippen LogP contribution in [0.1, 0.15) is 78.6 Å². The van der Waals surface area contributed by atoms with Crippen molar-refractivity contribution in [2.75, 3.05) is 39.9 Å². The van der Waals surface area contributed by atoms with E-state index in [0.717, 1.165) is 39.8 Å². The number of rotatable bonds is 22. The van der Waals surface area contributed by atoms with Crippen LogP contribution in [-0.4, -0.2) is 118 Å². The minimum atomic E-state index is -1.08. The van der Waals surface area contributed by atoms with E-state index in [2.05, 4.69) is 44.7 Å². The molecule has 62 heavy (non-hydrogen) atoms. The van der Waals surface area contributed by atoms with Crippen LogP contribution in [0.5, 0.6) is 0 Å². The molecule has 0 aliphatic carbocycles. The molecule has 4 aromatic rings. The first-order chi connectivity index (χ1) is 29.8.